The van der Waals surface area contributed by atoms with Crippen LogP contribution < -0.4 is 5.73 Å². The number of nitrogens with two attached hydrogens (primary N) is 1. The van der Waals surface area contributed by atoms with Gasteiger partial charge in [-0.25, -0.2) is 0 Å². The topological polar surface area (TPSA) is 35.2 Å². The van der Waals surface area contributed by atoms with Crippen LogP contribution in [0.5, 0.6) is 0 Å². The Morgan fingerprint density at radius 1 is 1.19 bits per heavy atom. The number of thiophene rings is 1. The molecule has 1 saturated carbocycles. The summed E-state index contributed by atoms with van der Waals surface area (Å²) in [5.41, 5.74) is 5.58. The first-order chi connectivity index (χ1) is 7.88. The molecule has 1 aromatic rings. The van der Waals surface area contributed by atoms with E-state index in [-0.39, 0.29) is 0 Å². The molecule has 0 radical (unpaired) electrons. The molecule has 90 valence electrons. The van der Waals surface area contributed by atoms with E-state index in [4.69, 9.17) is 10.5 Å². The van der Waals surface area contributed by atoms with Gasteiger partial charge >= 0.3 is 0 Å². The van der Waals surface area contributed by atoms with Gasteiger partial charge in [-0.05, 0) is 30.9 Å². The summed E-state index contributed by atoms with van der Waals surface area (Å²) in [6, 6.07) is 4.23. The van der Waals surface area contributed by atoms with Crippen LogP contribution in [0, 0.1) is 5.92 Å². The van der Waals surface area contributed by atoms with Gasteiger partial charge in [-0.2, -0.15) is 0 Å². The van der Waals surface area contributed by atoms with Crippen LogP contribution in [0.4, 0.5) is 0 Å². The quantitative estimate of drug-likeness (QED) is 0.855. The first-order valence-corrected chi connectivity index (χ1v) is 7.05. The maximum atomic E-state index is 5.79. The second-order valence-electron chi connectivity index (χ2n) is 4.59. The maximum absolute atomic E-state index is 5.79. The molecule has 1 aliphatic rings. The fourth-order valence-electron chi connectivity index (χ4n) is 2.29. The van der Waals surface area contributed by atoms with Crippen molar-refractivity contribution in [2.45, 2.75) is 45.3 Å². The predicted molar refractivity (Wildman–Crippen MR) is 68.4 cm³/mol. The highest BCUT2D eigenvalue weighted by Gasteiger charge is 2.13. The van der Waals surface area contributed by atoms with Crippen molar-refractivity contribution in [3.8, 4) is 0 Å². The van der Waals surface area contributed by atoms with Gasteiger partial charge in [0.2, 0.25) is 0 Å². The third kappa shape index (κ3) is 3.58. The maximum Gasteiger partial charge on any atom is 0.0809 e. The predicted octanol–water partition coefficient (Wildman–Crippen LogP) is 3.30. The zero-order valence-corrected chi connectivity index (χ0v) is 10.6. The van der Waals surface area contributed by atoms with Crippen LogP contribution in [0.15, 0.2) is 12.1 Å². The molecule has 0 unspecified atom stereocenters. The second-order valence-corrected chi connectivity index (χ2v) is 5.84. The normalized spacial score (nSPS) is 17.8. The summed E-state index contributed by atoms with van der Waals surface area (Å²) in [5, 5.41) is 0. The Labute approximate surface area is 102 Å². The van der Waals surface area contributed by atoms with E-state index in [1.165, 1.54) is 41.9 Å². The minimum absolute atomic E-state index is 0.646. The van der Waals surface area contributed by atoms with Crippen molar-refractivity contribution in [3.63, 3.8) is 0 Å². The van der Waals surface area contributed by atoms with Crippen molar-refractivity contribution in [3.05, 3.63) is 21.9 Å². The largest absolute Gasteiger partial charge is 0.376 e. The summed E-state index contributed by atoms with van der Waals surface area (Å²) < 4.78 is 5.79. The Bertz CT molecular complexity index is 305. The minimum Gasteiger partial charge on any atom is -0.376 e. The highest BCUT2D eigenvalue weighted by molar-refractivity contribution is 7.11. The Kier molecular flexibility index (Phi) is 4.82. The lowest BCUT2D eigenvalue weighted by atomic mass is 9.90. The summed E-state index contributed by atoms with van der Waals surface area (Å²) in [5.74, 6) is 0.808. The van der Waals surface area contributed by atoms with E-state index < -0.39 is 0 Å². The zero-order chi connectivity index (χ0) is 11.2. The van der Waals surface area contributed by atoms with Gasteiger partial charge in [0.25, 0.3) is 0 Å². The van der Waals surface area contributed by atoms with Crippen LogP contribution in [0.1, 0.15) is 41.9 Å². The van der Waals surface area contributed by atoms with Crippen LogP contribution in [-0.4, -0.2) is 6.61 Å². The van der Waals surface area contributed by atoms with E-state index >= 15 is 0 Å². The summed E-state index contributed by atoms with van der Waals surface area (Å²) in [6.07, 6.45) is 6.92. The van der Waals surface area contributed by atoms with Crippen molar-refractivity contribution in [2.24, 2.45) is 11.7 Å². The summed E-state index contributed by atoms with van der Waals surface area (Å²) in [6.45, 7) is 2.35. The molecule has 2 N–H and O–H groups in total. The first-order valence-electron chi connectivity index (χ1n) is 6.24. The fourth-order valence-corrected chi connectivity index (χ4v) is 3.12. The monoisotopic (exact) mass is 239 g/mol. The summed E-state index contributed by atoms with van der Waals surface area (Å²) in [7, 11) is 0. The van der Waals surface area contributed by atoms with Gasteiger partial charge in [-0.15, -0.1) is 11.3 Å². The molecular weight excluding hydrogens is 218 g/mol. The molecule has 0 aromatic carbocycles. The molecular formula is C13H21NOS. The highest BCUT2D eigenvalue weighted by Crippen LogP contribution is 2.24. The molecule has 16 heavy (non-hydrogen) atoms. The minimum atomic E-state index is 0.646. The van der Waals surface area contributed by atoms with Crippen LogP contribution in [0.3, 0.4) is 0 Å². The van der Waals surface area contributed by atoms with Crippen LogP contribution in [0.2, 0.25) is 0 Å². The fraction of sp³-hybridized carbons (Fsp3) is 0.692. The van der Waals surface area contributed by atoms with Gasteiger partial charge in [-0.3, -0.25) is 0 Å². The Balaban J connectivity index is 1.66. The molecule has 1 heterocycles. The van der Waals surface area contributed by atoms with Crippen LogP contribution in [-0.2, 0) is 17.9 Å². The summed E-state index contributed by atoms with van der Waals surface area (Å²) >= 11 is 1.77. The molecule has 0 spiro atoms. The standard InChI is InChI=1S/C13H21NOS/c14-8-12-6-7-13(16-12)10-15-9-11-4-2-1-3-5-11/h6-7,11H,1-5,8-10,14H2. The molecule has 0 amide bonds. The van der Waals surface area contributed by atoms with Crippen LogP contribution in [0.25, 0.3) is 0 Å². The SMILES string of the molecule is NCc1ccc(COCC2CCCCC2)s1. The Morgan fingerprint density at radius 3 is 2.62 bits per heavy atom. The smallest absolute Gasteiger partial charge is 0.0809 e. The van der Waals surface area contributed by atoms with Crippen LogP contribution >= 0.6 is 11.3 Å². The van der Waals surface area contributed by atoms with E-state index in [0.29, 0.717) is 6.54 Å². The molecule has 0 saturated heterocycles. The van der Waals surface area contributed by atoms with E-state index in [0.717, 1.165) is 19.1 Å². The van der Waals surface area contributed by atoms with Gasteiger partial charge in [0, 0.05) is 22.9 Å². The number of ether oxygens (including phenoxy) is 1. The van der Waals surface area contributed by atoms with Gasteiger partial charge in [0.1, 0.15) is 0 Å². The average Bonchev–Trinajstić information content (AvgIpc) is 2.78. The molecule has 0 aliphatic heterocycles. The Morgan fingerprint density at radius 2 is 1.94 bits per heavy atom. The molecule has 1 aromatic heterocycles. The van der Waals surface area contributed by atoms with Crippen molar-refractivity contribution in [2.75, 3.05) is 6.61 Å². The average molecular weight is 239 g/mol. The van der Waals surface area contributed by atoms with E-state index in [9.17, 15) is 0 Å². The molecule has 0 atom stereocenters. The van der Waals surface area contributed by atoms with Gasteiger partial charge in [0.15, 0.2) is 0 Å². The second kappa shape index (κ2) is 6.38. The third-order valence-corrected chi connectivity index (χ3v) is 4.32. The van der Waals surface area contributed by atoms with Crippen molar-refractivity contribution < 1.29 is 4.74 Å². The van der Waals surface area contributed by atoms with Gasteiger partial charge in [0.05, 0.1) is 6.61 Å². The zero-order valence-electron chi connectivity index (χ0n) is 9.78. The number of rotatable bonds is 5. The lowest BCUT2D eigenvalue weighted by Crippen LogP contribution is -2.12. The molecule has 2 rings (SSSR count). The Hall–Kier alpha value is -0.380. The molecule has 1 aliphatic carbocycles. The lowest BCUT2D eigenvalue weighted by Gasteiger charge is -2.21. The van der Waals surface area contributed by atoms with Gasteiger partial charge in [-0.1, -0.05) is 19.3 Å². The van der Waals surface area contributed by atoms with E-state index in [1.54, 1.807) is 11.3 Å². The molecule has 2 nitrogen and oxygen atoms in total. The molecule has 1 fully saturated rings. The summed E-state index contributed by atoms with van der Waals surface area (Å²) in [4.78, 5) is 2.55. The lowest BCUT2D eigenvalue weighted by molar-refractivity contribution is 0.0755. The van der Waals surface area contributed by atoms with E-state index in [1.807, 2.05) is 0 Å². The third-order valence-electron chi connectivity index (χ3n) is 3.24. The van der Waals surface area contributed by atoms with Crippen molar-refractivity contribution >= 4 is 11.3 Å². The molecule has 3 heteroatoms. The van der Waals surface area contributed by atoms with Gasteiger partial charge < -0.3 is 10.5 Å². The van der Waals surface area contributed by atoms with Crippen molar-refractivity contribution in [1.82, 2.24) is 0 Å². The number of hydrogen-bond acceptors (Lipinski definition) is 3. The van der Waals surface area contributed by atoms with E-state index in [2.05, 4.69) is 12.1 Å². The molecule has 0 bridgehead atoms. The first kappa shape index (κ1) is 12.1. The van der Waals surface area contributed by atoms with Crippen molar-refractivity contribution in [1.29, 1.82) is 0 Å². The highest BCUT2D eigenvalue weighted by atomic mass is 32.1. The number of hydrogen-bond donors (Lipinski definition) is 1.